The average molecular weight is 408 g/mol. The smallest absolute Gasteiger partial charge is 0.550 e. The van der Waals surface area contributed by atoms with Gasteiger partial charge in [0.15, 0.2) is 0 Å². The zero-order chi connectivity index (χ0) is 19.5. The molecule has 0 spiro atoms. The first kappa shape index (κ1) is 29.8. The molecule has 1 amide bonds. The maximum absolute atomic E-state index is 11.8. The summed E-state index contributed by atoms with van der Waals surface area (Å²) in [6.07, 6.45) is 20.1. The molecular weight excluding hydrogens is 365 g/mol. The second-order valence-electron chi connectivity index (χ2n) is 7.64. The van der Waals surface area contributed by atoms with E-state index in [0.29, 0.717) is 6.42 Å². The fraction of sp³-hybridized carbons (Fsp3) is 0.909. The Morgan fingerprint density at radius 1 is 0.667 bits per heavy atom. The fourth-order valence-electron chi connectivity index (χ4n) is 3.22. The van der Waals surface area contributed by atoms with Crippen molar-refractivity contribution >= 4 is 11.9 Å². The first-order valence-corrected chi connectivity index (χ1v) is 11.0. The largest absolute Gasteiger partial charge is 1.00 e. The number of aliphatic carboxylic acids is 1. The number of carbonyl (C=O) groups excluding carboxylic acids is 2. The van der Waals surface area contributed by atoms with Crippen molar-refractivity contribution in [1.82, 2.24) is 4.90 Å². The van der Waals surface area contributed by atoms with Crippen LogP contribution in [0.3, 0.4) is 0 Å². The number of unbranched alkanes of at least 4 members (excludes halogenated alkanes) is 14. The van der Waals surface area contributed by atoms with Gasteiger partial charge < -0.3 is 14.8 Å². The van der Waals surface area contributed by atoms with Crippen molar-refractivity contribution < 1.29 is 66.1 Å². The average Bonchev–Trinajstić information content (AvgIpc) is 2.62. The first-order valence-electron chi connectivity index (χ1n) is 11.0. The predicted molar refractivity (Wildman–Crippen MR) is 107 cm³/mol. The molecular formula is C22H42KNO3. The molecule has 0 aliphatic carbocycles. The predicted octanol–water partition coefficient (Wildman–Crippen LogP) is 1.85. The summed E-state index contributed by atoms with van der Waals surface area (Å²) >= 11 is 0. The number of rotatable bonds is 19. The number of carboxylic acids is 1. The molecule has 27 heavy (non-hydrogen) atoms. The molecule has 0 aromatic heterocycles. The number of nitrogens with zero attached hydrogens (tertiary/aromatic N) is 1. The van der Waals surface area contributed by atoms with Crippen molar-refractivity contribution in [2.45, 2.75) is 116 Å². The van der Waals surface area contributed by atoms with Gasteiger partial charge >= 0.3 is 51.4 Å². The fourth-order valence-corrected chi connectivity index (χ4v) is 3.22. The molecule has 0 radical (unpaired) electrons. The Hall–Kier alpha value is 0.576. The van der Waals surface area contributed by atoms with E-state index in [-0.39, 0.29) is 70.3 Å². The van der Waals surface area contributed by atoms with Crippen LogP contribution in [0.1, 0.15) is 116 Å². The van der Waals surface area contributed by atoms with E-state index in [0.717, 1.165) is 12.8 Å². The minimum atomic E-state index is -1.10. The number of hydrogen-bond donors (Lipinski definition) is 0. The van der Waals surface area contributed by atoms with Crippen LogP contribution in [-0.2, 0) is 9.59 Å². The van der Waals surface area contributed by atoms with Gasteiger partial charge in [-0.3, -0.25) is 4.79 Å². The Morgan fingerprint density at radius 3 is 1.41 bits per heavy atom. The van der Waals surface area contributed by atoms with Gasteiger partial charge in [0.1, 0.15) is 0 Å². The minimum Gasteiger partial charge on any atom is -0.550 e. The maximum atomic E-state index is 11.8. The standard InChI is InChI=1S/C22H43NO3.K/c1-3-4-5-6-7-8-9-10-11-12-13-14-15-16-17-18-21(24)23(2)20-19-22(25)26;/h3-20H2,1-2H3,(H,25,26);/q;+1/p-1. The minimum absolute atomic E-state index is 0. The summed E-state index contributed by atoms with van der Waals surface area (Å²) in [5.41, 5.74) is 0. The van der Waals surface area contributed by atoms with E-state index in [9.17, 15) is 14.7 Å². The Labute approximate surface area is 210 Å². The molecule has 0 saturated heterocycles. The van der Waals surface area contributed by atoms with E-state index >= 15 is 0 Å². The Morgan fingerprint density at radius 2 is 1.04 bits per heavy atom. The summed E-state index contributed by atoms with van der Waals surface area (Å²) in [5.74, 6) is -1.06. The van der Waals surface area contributed by atoms with Gasteiger partial charge in [-0.15, -0.1) is 0 Å². The van der Waals surface area contributed by atoms with Gasteiger partial charge in [-0.1, -0.05) is 96.8 Å². The van der Waals surface area contributed by atoms with Crippen LogP contribution in [0.5, 0.6) is 0 Å². The van der Waals surface area contributed by atoms with E-state index < -0.39 is 5.97 Å². The molecule has 0 N–H and O–H groups in total. The third kappa shape index (κ3) is 22.7. The summed E-state index contributed by atoms with van der Waals surface area (Å²) < 4.78 is 0. The Bertz CT molecular complexity index is 350. The molecule has 0 aliphatic heterocycles. The first-order chi connectivity index (χ1) is 12.6. The molecule has 0 aliphatic rings. The van der Waals surface area contributed by atoms with Gasteiger partial charge in [-0.25, -0.2) is 0 Å². The normalized spacial score (nSPS) is 10.4. The summed E-state index contributed by atoms with van der Waals surface area (Å²) in [7, 11) is 1.66. The summed E-state index contributed by atoms with van der Waals surface area (Å²) in [4.78, 5) is 23.7. The topological polar surface area (TPSA) is 60.4 Å². The van der Waals surface area contributed by atoms with Crippen LogP contribution in [-0.4, -0.2) is 30.4 Å². The van der Waals surface area contributed by atoms with Crippen LogP contribution in [0.25, 0.3) is 0 Å². The summed E-state index contributed by atoms with van der Waals surface area (Å²) in [6, 6.07) is 0. The molecule has 0 rings (SSSR count). The molecule has 0 aromatic rings. The Balaban J connectivity index is 0. The molecule has 0 unspecified atom stereocenters. The molecule has 5 heteroatoms. The molecule has 0 aromatic carbocycles. The number of carbonyl (C=O) groups is 2. The number of amides is 1. The van der Waals surface area contributed by atoms with E-state index in [4.69, 9.17) is 0 Å². The van der Waals surface area contributed by atoms with Gasteiger partial charge in [-0.2, -0.15) is 0 Å². The van der Waals surface area contributed by atoms with Gasteiger partial charge in [0.25, 0.3) is 0 Å². The molecule has 0 atom stereocenters. The van der Waals surface area contributed by atoms with Crippen LogP contribution in [0.2, 0.25) is 0 Å². The van der Waals surface area contributed by atoms with Gasteiger partial charge in [0.05, 0.1) is 0 Å². The van der Waals surface area contributed by atoms with Crippen molar-refractivity contribution in [3.8, 4) is 0 Å². The molecule has 4 nitrogen and oxygen atoms in total. The molecule has 0 bridgehead atoms. The zero-order valence-corrected chi connectivity index (χ0v) is 21.5. The van der Waals surface area contributed by atoms with Crippen LogP contribution >= 0.6 is 0 Å². The maximum Gasteiger partial charge on any atom is 1.00 e. The van der Waals surface area contributed by atoms with E-state index in [2.05, 4.69) is 6.92 Å². The second kappa shape index (κ2) is 22.9. The van der Waals surface area contributed by atoms with Crippen LogP contribution < -0.4 is 56.5 Å². The summed E-state index contributed by atoms with van der Waals surface area (Å²) in [6.45, 7) is 2.52. The number of carboxylic acid groups (broad SMARTS) is 1. The van der Waals surface area contributed by atoms with Crippen LogP contribution in [0.4, 0.5) is 0 Å². The van der Waals surface area contributed by atoms with Crippen molar-refractivity contribution in [1.29, 1.82) is 0 Å². The third-order valence-corrected chi connectivity index (χ3v) is 5.07. The molecule has 0 fully saturated rings. The number of hydrogen-bond acceptors (Lipinski definition) is 3. The summed E-state index contributed by atoms with van der Waals surface area (Å²) in [5, 5.41) is 10.4. The quantitative estimate of drug-likeness (QED) is 0.242. The molecule has 0 saturated carbocycles. The van der Waals surface area contributed by atoms with E-state index in [1.54, 1.807) is 7.05 Å². The Kier molecular flexibility index (Phi) is 25.2. The van der Waals surface area contributed by atoms with Gasteiger partial charge in [0, 0.05) is 32.4 Å². The van der Waals surface area contributed by atoms with Gasteiger partial charge in [0.2, 0.25) is 5.91 Å². The van der Waals surface area contributed by atoms with E-state index in [1.807, 2.05) is 0 Å². The van der Waals surface area contributed by atoms with Crippen LogP contribution in [0, 0.1) is 0 Å². The zero-order valence-electron chi connectivity index (χ0n) is 18.4. The van der Waals surface area contributed by atoms with Gasteiger partial charge in [-0.05, 0) is 6.42 Å². The van der Waals surface area contributed by atoms with Crippen molar-refractivity contribution in [3.05, 3.63) is 0 Å². The second-order valence-corrected chi connectivity index (χ2v) is 7.64. The molecule has 154 valence electrons. The van der Waals surface area contributed by atoms with Crippen molar-refractivity contribution in [2.75, 3.05) is 13.6 Å². The van der Waals surface area contributed by atoms with Crippen molar-refractivity contribution in [3.63, 3.8) is 0 Å². The van der Waals surface area contributed by atoms with Crippen LogP contribution in [0.15, 0.2) is 0 Å². The molecule has 0 heterocycles. The SMILES string of the molecule is CCCCCCCCCCCCCCCCCC(=O)N(C)CCC(=O)[O-].[K+]. The van der Waals surface area contributed by atoms with E-state index in [1.165, 1.54) is 88.4 Å². The third-order valence-electron chi connectivity index (χ3n) is 5.07. The van der Waals surface area contributed by atoms with Crippen molar-refractivity contribution in [2.24, 2.45) is 0 Å². The monoisotopic (exact) mass is 407 g/mol.